The van der Waals surface area contributed by atoms with Crippen molar-refractivity contribution in [2.24, 2.45) is 0 Å². The zero-order valence-corrected chi connectivity index (χ0v) is 12.3. The summed E-state index contributed by atoms with van der Waals surface area (Å²) < 4.78 is 31.2. The van der Waals surface area contributed by atoms with E-state index < -0.39 is 23.1 Å². The van der Waals surface area contributed by atoms with Crippen molar-refractivity contribution in [2.45, 2.75) is 38.6 Å². The van der Waals surface area contributed by atoms with E-state index in [0.29, 0.717) is 19.4 Å². The summed E-state index contributed by atoms with van der Waals surface area (Å²) in [5.74, 6) is -2.23. The van der Waals surface area contributed by atoms with Crippen LogP contribution in [0.25, 0.3) is 0 Å². The third-order valence-corrected chi connectivity index (χ3v) is 3.16. The fourth-order valence-corrected chi connectivity index (χ4v) is 1.90. The highest BCUT2D eigenvalue weighted by molar-refractivity contribution is 5.78. The molecule has 4 nitrogen and oxygen atoms in total. The molecule has 1 atom stereocenters. The van der Waals surface area contributed by atoms with Gasteiger partial charge in [0.15, 0.2) is 0 Å². The molecule has 1 aromatic rings. The van der Waals surface area contributed by atoms with Gasteiger partial charge in [-0.25, -0.2) is 8.78 Å². The van der Waals surface area contributed by atoms with Gasteiger partial charge in [0.2, 0.25) is 0 Å². The number of benzene rings is 1. The molecule has 21 heavy (non-hydrogen) atoms. The molecule has 118 valence electrons. The van der Waals surface area contributed by atoms with Crippen molar-refractivity contribution in [3.63, 3.8) is 0 Å². The molecule has 0 saturated carbocycles. The quantitative estimate of drug-likeness (QED) is 0.689. The van der Waals surface area contributed by atoms with Crippen LogP contribution >= 0.6 is 0 Å². The monoisotopic (exact) mass is 301 g/mol. The maximum absolute atomic E-state index is 13.0. The van der Waals surface area contributed by atoms with Gasteiger partial charge in [-0.05, 0) is 32.7 Å². The minimum absolute atomic E-state index is 0.103. The molecule has 0 amide bonds. The third kappa shape index (κ3) is 5.67. The molecule has 1 unspecified atom stereocenters. The second kappa shape index (κ2) is 7.93. The van der Waals surface area contributed by atoms with Gasteiger partial charge >= 0.3 is 5.97 Å². The van der Waals surface area contributed by atoms with Crippen molar-refractivity contribution in [3.05, 3.63) is 29.8 Å². The van der Waals surface area contributed by atoms with Crippen molar-refractivity contribution in [2.75, 3.05) is 13.2 Å². The van der Waals surface area contributed by atoms with Gasteiger partial charge in [-0.2, -0.15) is 0 Å². The van der Waals surface area contributed by atoms with Gasteiger partial charge in [-0.3, -0.25) is 4.79 Å². The summed E-state index contributed by atoms with van der Waals surface area (Å²) in [5.41, 5.74) is -1.02. The van der Waals surface area contributed by atoms with Crippen LogP contribution in [0.5, 0.6) is 5.75 Å². The Morgan fingerprint density at radius 1 is 1.33 bits per heavy atom. The van der Waals surface area contributed by atoms with E-state index in [1.807, 2.05) is 6.92 Å². The van der Waals surface area contributed by atoms with Gasteiger partial charge in [0, 0.05) is 18.2 Å². The summed E-state index contributed by atoms with van der Waals surface area (Å²) in [6, 6.07) is 2.95. The summed E-state index contributed by atoms with van der Waals surface area (Å²) in [6.07, 6.45) is 1.65. The number of carbonyl (C=O) groups is 1. The van der Waals surface area contributed by atoms with Crippen LogP contribution in [0.1, 0.15) is 33.1 Å². The van der Waals surface area contributed by atoms with Crippen molar-refractivity contribution in [1.29, 1.82) is 0 Å². The van der Waals surface area contributed by atoms with E-state index in [2.05, 4.69) is 5.32 Å². The lowest BCUT2D eigenvalue weighted by atomic mass is 9.96. The summed E-state index contributed by atoms with van der Waals surface area (Å²) in [5, 5.41) is 12.2. The predicted molar refractivity (Wildman–Crippen MR) is 75.4 cm³/mol. The van der Waals surface area contributed by atoms with Crippen LogP contribution in [-0.4, -0.2) is 29.8 Å². The number of carboxylic acids is 1. The van der Waals surface area contributed by atoms with E-state index in [1.54, 1.807) is 6.92 Å². The standard InChI is InChI=1S/C15H21F2NO3/c1-3-6-18-15(2,14(19)20)5-4-7-21-13-9-11(16)8-12(17)10-13/h8-10,18H,3-7H2,1-2H3,(H,19,20). The highest BCUT2D eigenvalue weighted by Gasteiger charge is 2.31. The van der Waals surface area contributed by atoms with Crippen LogP contribution in [-0.2, 0) is 4.79 Å². The fraction of sp³-hybridized carbons (Fsp3) is 0.533. The van der Waals surface area contributed by atoms with Crippen LogP contribution in [0, 0.1) is 11.6 Å². The van der Waals surface area contributed by atoms with E-state index in [9.17, 15) is 18.7 Å². The number of halogens is 2. The molecule has 0 aromatic heterocycles. The predicted octanol–water partition coefficient (Wildman–Crippen LogP) is 2.97. The Hall–Kier alpha value is -1.69. The summed E-state index contributed by atoms with van der Waals surface area (Å²) in [7, 11) is 0. The van der Waals surface area contributed by atoms with Crippen LogP contribution in [0.4, 0.5) is 8.78 Å². The average Bonchev–Trinajstić information content (AvgIpc) is 2.40. The molecule has 0 aliphatic heterocycles. The van der Waals surface area contributed by atoms with E-state index in [-0.39, 0.29) is 12.4 Å². The first-order valence-electron chi connectivity index (χ1n) is 6.94. The molecule has 0 aliphatic rings. The highest BCUT2D eigenvalue weighted by atomic mass is 19.1. The minimum atomic E-state index is -1.02. The summed E-state index contributed by atoms with van der Waals surface area (Å²) >= 11 is 0. The molecular formula is C15H21F2NO3. The molecule has 0 fully saturated rings. The van der Waals surface area contributed by atoms with Crippen molar-refractivity contribution in [1.82, 2.24) is 5.32 Å². The molecule has 1 rings (SSSR count). The zero-order chi connectivity index (χ0) is 15.9. The molecule has 0 spiro atoms. The van der Waals surface area contributed by atoms with Gasteiger partial charge < -0.3 is 15.2 Å². The van der Waals surface area contributed by atoms with Gasteiger partial charge in [0.1, 0.15) is 22.9 Å². The molecular weight excluding hydrogens is 280 g/mol. The Labute approximate surface area is 123 Å². The van der Waals surface area contributed by atoms with Crippen molar-refractivity contribution < 1.29 is 23.4 Å². The van der Waals surface area contributed by atoms with E-state index >= 15 is 0 Å². The number of rotatable bonds is 9. The lowest BCUT2D eigenvalue weighted by molar-refractivity contribution is -0.144. The van der Waals surface area contributed by atoms with E-state index in [0.717, 1.165) is 24.6 Å². The average molecular weight is 301 g/mol. The second-order valence-electron chi connectivity index (χ2n) is 5.12. The number of hydrogen-bond acceptors (Lipinski definition) is 3. The Balaban J connectivity index is 2.45. The lowest BCUT2D eigenvalue weighted by Crippen LogP contribution is -2.49. The molecule has 6 heteroatoms. The molecule has 0 radical (unpaired) electrons. The lowest BCUT2D eigenvalue weighted by Gasteiger charge is -2.26. The fourth-order valence-electron chi connectivity index (χ4n) is 1.90. The Bertz CT molecular complexity index is 462. The number of nitrogens with one attached hydrogen (secondary N) is 1. The van der Waals surface area contributed by atoms with E-state index in [1.165, 1.54) is 0 Å². The molecule has 0 aliphatic carbocycles. The summed E-state index contributed by atoms with van der Waals surface area (Å²) in [6.45, 7) is 4.38. The largest absolute Gasteiger partial charge is 0.493 e. The summed E-state index contributed by atoms with van der Waals surface area (Å²) in [4.78, 5) is 11.3. The zero-order valence-electron chi connectivity index (χ0n) is 12.3. The maximum atomic E-state index is 13.0. The minimum Gasteiger partial charge on any atom is -0.493 e. The third-order valence-electron chi connectivity index (χ3n) is 3.16. The number of ether oxygens (including phenoxy) is 1. The van der Waals surface area contributed by atoms with Gasteiger partial charge in [-0.1, -0.05) is 6.92 Å². The Morgan fingerprint density at radius 2 is 1.95 bits per heavy atom. The number of hydrogen-bond donors (Lipinski definition) is 2. The molecule has 0 bridgehead atoms. The van der Waals surface area contributed by atoms with Crippen LogP contribution in [0.3, 0.4) is 0 Å². The Morgan fingerprint density at radius 3 is 2.48 bits per heavy atom. The van der Waals surface area contributed by atoms with Crippen molar-refractivity contribution in [3.8, 4) is 5.75 Å². The van der Waals surface area contributed by atoms with Gasteiger partial charge in [0.05, 0.1) is 6.61 Å². The SMILES string of the molecule is CCCNC(C)(CCCOc1cc(F)cc(F)c1)C(=O)O. The van der Waals surface area contributed by atoms with Crippen LogP contribution < -0.4 is 10.1 Å². The maximum Gasteiger partial charge on any atom is 0.323 e. The van der Waals surface area contributed by atoms with Gasteiger partial charge in [0.25, 0.3) is 0 Å². The van der Waals surface area contributed by atoms with Gasteiger partial charge in [-0.15, -0.1) is 0 Å². The normalized spacial score (nSPS) is 13.7. The van der Waals surface area contributed by atoms with Crippen LogP contribution in [0.15, 0.2) is 18.2 Å². The Kier molecular flexibility index (Phi) is 6.55. The molecule has 1 aromatic carbocycles. The first kappa shape index (κ1) is 17.4. The number of carboxylic acid groups (broad SMARTS) is 1. The number of aliphatic carboxylic acids is 1. The van der Waals surface area contributed by atoms with Crippen LogP contribution in [0.2, 0.25) is 0 Å². The van der Waals surface area contributed by atoms with E-state index in [4.69, 9.17) is 4.74 Å². The smallest absolute Gasteiger partial charge is 0.323 e. The topological polar surface area (TPSA) is 58.6 Å². The molecule has 0 heterocycles. The van der Waals surface area contributed by atoms with Crippen molar-refractivity contribution >= 4 is 5.97 Å². The molecule has 0 saturated heterocycles. The highest BCUT2D eigenvalue weighted by Crippen LogP contribution is 2.17. The first-order chi connectivity index (χ1) is 9.87. The first-order valence-corrected chi connectivity index (χ1v) is 6.94. The molecule has 2 N–H and O–H groups in total. The second-order valence-corrected chi connectivity index (χ2v) is 5.12.